The molecule has 3 aromatic rings. The summed E-state index contributed by atoms with van der Waals surface area (Å²) in [6, 6.07) is 11.7. The van der Waals surface area contributed by atoms with Crippen molar-refractivity contribution in [3.8, 4) is 11.1 Å². The highest BCUT2D eigenvalue weighted by Crippen LogP contribution is 2.38. The topological polar surface area (TPSA) is 88.6 Å². The number of rotatable bonds is 8. The van der Waals surface area contributed by atoms with Gasteiger partial charge in [-0.25, -0.2) is 4.79 Å². The van der Waals surface area contributed by atoms with E-state index in [1.165, 1.54) is 6.20 Å². The molecule has 3 heterocycles. The van der Waals surface area contributed by atoms with Crippen molar-refractivity contribution >= 4 is 17.5 Å². The van der Waals surface area contributed by atoms with Gasteiger partial charge in [-0.2, -0.15) is 5.10 Å². The van der Waals surface area contributed by atoms with Crippen molar-refractivity contribution in [2.24, 2.45) is 0 Å². The van der Waals surface area contributed by atoms with Crippen LogP contribution in [0.25, 0.3) is 11.1 Å². The maximum atomic E-state index is 12.1. The van der Waals surface area contributed by atoms with Crippen molar-refractivity contribution in [2.45, 2.75) is 18.9 Å². The molecule has 0 aliphatic carbocycles. The van der Waals surface area contributed by atoms with Gasteiger partial charge in [0.05, 0.1) is 23.6 Å². The molecule has 8 nitrogen and oxygen atoms in total. The van der Waals surface area contributed by atoms with E-state index < -0.39 is 5.97 Å². The number of likely N-dealkylation sites (tertiary alicyclic amines) is 1. The lowest BCUT2D eigenvalue weighted by atomic mass is 10.0. The molecule has 2 aromatic heterocycles. The van der Waals surface area contributed by atoms with E-state index in [1.807, 2.05) is 30.3 Å². The van der Waals surface area contributed by atoms with Crippen LogP contribution in [0.4, 0.5) is 11.5 Å². The van der Waals surface area contributed by atoms with E-state index in [2.05, 4.69) is 44.0 Å². The molecule has 4 rings (SSSR count). The first-order valence-corrected chi connectivity index (χ1v) is 11.0. The van der Waals surface area contributed by atoms with E-state index in [1.54, 1.807) is 18.5 Å². The van der Waals surface area contributed by atoms with Gasteiger partial charge in [0.15, 0.2) is 0 Å². The fraction of sp³-hybridized carbons (Fsp3) is 0.375. The summed E-state index contributed by atoms with van der Waals surface area (Å²) >= 11 is 0. The Bertz CT molecular complexity index is 1040. The van der Waals surface area contributed by atoms with Gasteiger partial charge < -0.3 is 19.8 Å². The molecule has 0 saturated carbocycles. The maximum Gasteiger partial charge on any atom is 0.337 e. The van der Waals surface area contributed by atoms with E-state index in [-0.39, 0.29) is 11.6 Å². The number of carbonyl (C=O) groups is 1. The second kappa shape index (κ2) is 9.93. The minimum atomic E-state index is -0.964. The summed E-state index contributed by atoms with van der Waals surface area (Å²) in [6.07, 6.45) is 6.99. The third-order valence-electron chi connectivity index (χ3n) is 5.94. The zero-order valence-electron chi connectivity index (χ0n) is 18.6. The summed E-state index contributed by atoms with van der Waals surface area (Å²) in [7, 11) is 4.17. The van der Waals surface area contributed by atoms with Gasteiger partial charge in [-0.3, -0.25) is 10.1 Å². The third-order valence-corrected chi connectivity index (χ3v) is 5.94. The van der Waals surface area contributed by atoms with Crippen molar-refractivity contribution in [1.82, 2.24) is 25.0 Å². The molecule has 1 saturated heterocycles. The molecule has 0 amide bonds. The van der Waals surface area contributed by atoms with Crippen LogP contribution < -0.4 is 4.90 Å². The Kier molecular flexibility index (Phi) is 6.82. The fourth-order valence-corrected chi connectivity index (χ4v) is 4.34. The van der Waals surface area contributed by atoms with Crippen LogP contribution in [-0.2, 0) is 0 Å². The lowest BCUT2D eigenvalue weighted by Crippen LogP contribution is -2.48. The van der Waals surface area contributed by atoms with Crippen LogP contribution in [0.15, 0.2) is 55.0 Å². The van der Waals surface area contributed by atoms with E-state index in [0.717, 1.165) is 56.0 Å². The number of benzene rings is 1. The molecule has 168 valence electrons. The Morgan fingerprint density at radius 3 is 2.78 bits per heavy atom. The predicted octanol–water partition coefficient (Wildman–Crippen LogP) is 3.33. The van der Waals surface area contributed by atoms with Crippen LogP contribution >= 0.6 is 0 Å². The average molecular weight is 435 g/mol. The lowest BCUT2D eigenvalue weighted by Gasteiger charge is -2.40. The molecule has 1 unspecified atom stereocenters. The summed E-state index contributed by atoms with van der Waals surface area (Å²) in [4.78, 5) is 23.1. The number of H-pyrrole nitrogens is 1. The zero-order chi connectivity index (χ0) is 22.5. The number of nitrogens with one attached hydrogen (secondary N) is 1. The number of likely N-dealkylation sites (N-methyl/N-ethyl adjacent to an activating group) is 1. The summed E-state index contributed by atoms with van der Waals surface area (Å²) < 4.78 is 0. The molecule has 1 atom stereocenters. The Morgan fingerprint density at radius 2 is 2.03 bits per heavy atom. The van der Waals surface area contributed by atoms with E-state index in [4.69, 9.17) is 0 Å². The number of aromatic amines is 1. The van der Waals surface area contributed by atoms with Gasteiger partial charge >= 0.3 is 5.97 Å². The highest BCUT2D eigenvalue weighted by Gasteiger charge is 2.31. The van der Waals surface area contributed by atoms with Gasteiger partial charge in [0, 0.05) is 37.4 Å². The summed E-state index contributed by atoms with van der Waals surface area (Å²) in [5, 5.41) is 17.4. The van der Waals surface area contributed by atoms with Crippen LogP contribution in [0, 0.1) is 0 Å². The number of anilines is 2. The van der Waals surface area contributed by atoms with E-state index >= 15 is 0 Å². The summed E-state index contributed by atoms with van der Waals surface area (Å²) in [5.74, 6) is -0.167. The molecule has 32 heavy (non-hydrogen) atoms. The van der Waals surface area contributed by atoms with Crippen LogP contribution in [-0.4, -0.2) is 82.4 Å². The van der Waals surface area contributed by atoms with Gasteiger partial charge in [-0.15, -0.1) is 0 Å². The van der Waals surface area contributed by atoms with E-state index in [0.29, 0.717) is 5.69 Å². The lowest BCUT2D eigenvalue weighted by molar-refractivity contribution is 0.0697. The highest BCUT2D eigenvalue weighted by atomic mass is 16.4. The minimum Gasteiger partial charge on any atom is -0.478 e. The molecular weight excluding hydrogens is 404 g/mol. The van der Waals surface area contributed by atoms with Crippen LogP contribution in [0.1, 0.15) is 23.2 Å². The molecule has 1 aromatic carbocycles. The monoisotopic (exact) mass is 434 g/mol. The molecule has 1 fully saturated rings. The molecular formula is C24H30N6O2. The SMILES string of the molecule is CN(C)CCN1CCCC(N(c2cnccc2C(=O)O)c2[nH]ncc2-c2ccccc2)C1. The first kappa shape index (κ1) is 22.0. The molecule has 1 aliphatic rings. The van der Waals surface area contributed by atoms with Crippen LogP contribution in [0.5, 0.6) is 0 Å². The summed E-state index contributed by atoms with van der Waals surface area (Å²) in [5.41, 5.74) is 2.79. The number of aromatic carboxylic acids is 1. The van der Waals surface area contributed by atoms with Crippen molar-refractivity contribution in [1.29, 1.82) is 0 Å². The molecule has 0 radical (unpaired) electrons. The second-order valence-corrected chi connectivity index (χ2v) is 8.47. The smallest absolute Gasteiger partial charge is 0.337 e. The fourth-order valence-electron chi connectivity index (χ4n) is 4.34. The van der Waals surface area contributed by atoms with Gasteiger partial charge in [0.1, 0.15) is 5.82 Å². The van der Waals surface area contributed by atoms with Gasteiger partial charge in [0.2, 0.25) is 0 Å². The quantitative estimate of drug-likeness (QED) is 0.562. The molecule has 0 spiro atoms. The number of carboxylic acid groups (broad SMARTS) is 1. The maximum absolute atomic E-state index is 12.1. The predicted molar refractivity (Wildman–Crippen MR) is 125 cm³/mol. The number of piperidine rings is 1. The average Bonchev–Trinajstić information content (AvgIpc) is 3.28. The Balaban J connectivity index is 1.76. The van der Waals surface area contributed by atoms with Gasteiger partial charge in [-0.1, -0.05) is 30.3 Å². The first-order valence-electron chi connectivity index (χ1n) is 11.0. The zero-order valence-corrected chi connectivity index (χ0v) is 18.6. The van der Waals surface area contributed by atoms with Crippen molar-refractivity contribution < 1.29 is 9.90 Å². The van der Waals surface area contributed by atoms with Gasteiger partial charge in [-0.05, 0) is 45.1 Å². The first-order chi connectivity index (χ1) is 15.5. The highest BCUT2D eigenvalue weighted by molar-refractivity contribution is 5.96. The van der Waals surface area contributed by atoms with Crippen LogP contribution in [0.3, 0.4) is 0 Å². The molecule has 0 bridgehead atoms. The molecule has 1 aliphatic heterocycles. The third kappa shape index (κ3) is 4.81. The number of pyridine rings is 1. The van der Waals surface area contributed by atoms with Crippen molar-refractivity contribution in [2.75, 3.05) is 45.2 Å². The van der Waals surface area contributed by atoms with Crippen molar-refractivity contribution in [3.05, 3.63) is 60.6 Å². The Hall–Kier alpha value is -3.23. The standard InChI is InChI=1S/C24H30N6O2/c1-28(2)13-14-29-12-6-9-19(17-29)30(22-16-25-11-10-20(22)24(31)32)23-21(15-26-27-23)18-7-4-3-5-8-18/h3-5,7-8,10-11,15-16,19H,6,9,12-14,17H2,1-2H3,(H,26,27)(H,31,32). The number of hydrogen-bond acceptors (Lipinski definition) is 6. The number of nitrogens with zero attached hydrogens (tertiary/aromatic N) is 5. The number of aromatic nitrogens is 3. The number of carboxylic acids is 1. The molecule has 8 heteroatoms. The van der Waals surface area contributed by atoms with Crippen molar-refractivity contribution in [3.63, 3.8) is 0 Å². The largest absolute Gasteiger partial charge is 0.478 e. The summed E-state index contributed by atoms with van der Waals surface area (Å²) in [6.45, 7) is 3.85. The van der Waals surface area contributed by atoms with Crippen LogP contribution in [0.2, 0.25) is 0 Å². The van der Waals surface area contributed by atoms with Gasteiger partial charge in [0.25, 0.3) is 0 Å². The van der Waals surface area contributed by atoms with E-state index in [9.17, 15) is 9.90 Å². The Morgan fingerprint density at radius 1 is 1.22 bits per heavy atom. The minimum absolute atomic E-state index is 0.0936. The normalized spacial score (nSPS) is 16.9. The second-order valence-electron chi connectivity index (χ2n) is 8.47. The number of hydrogen-bond donors (Lipinski definition) is 2. The molecule has 2 N–H and O–H groups in total. The Labute approximate surface area is 188 Å².